The van der Waals surface area contributed by atoms with Crippen molar-refractivity contribution in [3.63, 3.8) is 0 Å². The van der Waals surface area contributed by atoms with Gasteiger partial charge in [0, 0.05) is 25.7 Å². The highest BCUT2D eigenvalue weighted by Gasteiger charge is 2.30. The molecule has 2 rings (SSSR count). The molecule has 0 amide bonds. The van der Waals surface area contributed by atoms with E-state index in [2.05, 4.69) is 0 Å². The third-order valence-corrected chi connectivity index (χ3v) is 2.47. The highest BCUT2D eigenvalue weighted by atomic mass is 15.3. The van der Waals surface area contributed by atoms with E-state index in [0.717, 1.165) is 0 Å². The van der Waals surface area contributed by atoms with Crippen LogP contribution in [-0.4, -0.2) is 16.4 Å². The number of rotatable bonds is 0. The Hall–Kier alpha value is -0.530. The number of hydrogen-bond acceptors (Lipinski definition) is 0. The summed E-state index contributed by atoms with van der Waals surface area (Å²) in [5.41, 5.74) is 1.38. The second kappa shape index (κ2) is 1.72. The Morgan fingerprint density at radius 1 is 1.33 bits per heavy atom. The molecule has 0 aromatic carbocycles. The molecule has 50 valence electrons. The zero-order valence-corrected chi connectivity index (χ0v) is 5.56. The van der Waals surface area contributed by atoms with Crippen molar-refractivity contribution in [2.24, 2.45) is 0 Å². The molecule has 0 fully saturated rings. The summed E-state index contributed by atoms with van der Waals surface area (Å²) >= 11 is 0. The van der Waals surface area contributed by atoms with E-state index < -0.39 is 0 Å². The van der Waals surface area contributed by atoms with Crippen LogP contribution in [0.25, 0.3) is 5.84 Å². The summed E-state index contributed by atoms with van der Waals surface area (Å²) in [4.78, 5) is 0. The first kappa shape index (κ1) is 5.27. The Kier molecular flexibility index (Phi) is 1.01. The molecule has 2 heterocycles. The molecular weight excluding hydrogens is 112 g/mol. The molecule has 1 atom stereocenters. The van der Waals surface area contributed by atoms with Gasteiger partial charge < -0.3 is 5.84 Å². The Labute approximate surface area is 55.3 Å². The van der Waals surface area contributed by atoms with Gasteiger partial charge in [-0.2, -0.15) is 0 Å². The average Bonchev–Trinajstić information content (AvgIpc) is 2.19. The van der Waals surface area contributed by atoms with Crippen LogP contribution in [0.1, 0.15) is 32.1 Å². The lowest BCUT2D eigenvalue weighted by molar-refractivity contribution is -0.498. The summed E-state index contributed by atoms with van der Waals surface area (Å²) in [6.07, 6.45) is 6.23. The third-order valence-electron chi connectivity index (χ3n) is 2.47. The van der Waals surface area contributed by atoms with Crippen molar-refractivity contribution in [3.8, 4) is 0 Å². The third kappa shape index (κ3) is 0.655. The van der Waals surface area contributed by atoms with Gasteiger partial charge in [-0.25, -0.2) is 0 Å². The van der Waals surface area contributed by atoms with Gasteiger partial charge in [-0.05, 0) is 6.42 Å². The second-order valence-electron chi connectivity index (χ2n) is 3.02. The predicted molar refractivity (Wildman–Crippen MR) is 36.5 cm³/mol. The van der Waals surface area contributed by atoms with Crippen LogP contribution in [0.5, 0.6) is 0 Å². The van der Waals surface area contributed by atoms with E-state index in [-0.39, 0.29) is 0 Å². The van der Waals surface area contributed by atoms with Gasteiger partial charge in [0.05, 0.1) is 0 Å². The fraction of sp³-hybridized carbons (Fsp3) is 0.857. The molecule has 0 saturated carbocycles. The molecular formula is C7H12N2. The van der Waals surface area contributed by atoms with Gasteiger partial charge in [-0.1, -0.05) is 0 Å². The Balaban J connectivity index is 2.30. The average molecular weight is 124 g/mol. The Morgan fingerprint density at radius 2 is 2.22 bits per heavy atom. The first-order valence-electron chi connectivity index (χ1n) is 3.73. The van der Waals surface area contributed by atoms with Crippen LogP contribution < -0.4 is 0 Å². The van der Waals surface area contributed by atoms with Crippen LogP contribution in [-0.2, 0) is 0 Å². The summed E-state index contributed by atoms with van der Waals surface area (Å²) in [6, 6.07) is 0.591. The van der Waals surface area contributed by atoms with Gasteiger partial charge in [0.15, 0.2) is 0 Å². The minimum absolute atomic E-state index is 0.591. The molecule has 2 aliphatic heterocycles. The summed E-state index contributed by atoms with van der Waals surface area (Å²) < 4.78 is 1.75. The van der Waals surface area contributed by atoms with Crippen LogP contribution in [0.2, 0.25) is 0 Å². The SMILES string of the molecule is [NH-][N+]1=C2CCCC1CC2. The molecule has 0 aromatic heterocycles. The fourth-order valence-corrected chi connectivity index (χ4v) is 1.90. The van der Waals surface area contributed by atoms with Crippen LogP contribution in [0, 0.1) is 0 Å². The number of hydrogen-bond donors (Lipinski definition) is 0. The van der Waals surface area contributed by atoms with Gasteiger partial charge >= 0.3 is 0 Å². The van der Waals surface area contributed by atoms with Crippen LogP contribution in [0.4, 0.5) is 0 Å². The molecule has 0 saturated heterocycles. The minimum atomic E-state index is 0.591. The van der Waals surface area contributed by atoms with E-state index in [1.54, 1.807) is 4.68 Å². The summed E-state index contributed by atoms with van der Waals surface area (Å²) in [6.45, 7) is 0. The first-order valence-corrected chi connectivity index (χ1v) is 3.73. The van der Waals surface area contributed by atoms with Crippen LogP contribution >= 0.6 is 0 Å². The molecule has 2 aliphatic rings. The number of nitrogens with one attached hydrogen (secondary N) is 1. The fourth-order valence-electron chi connectivity index (χ4n) is 1.90. The molecule has 0 aromatic rings. The van der Waals surface area contributed by atoms with Crippen molar-refractivity contribution in [3.05, 3.63) is 5.84 Å². The highest BCUT2D eigenvalue weighted by Crippen LogP contribution is 2.25. The zero-order valence-electron chi connectivity index (χ0n) is 5.56. The molecule has 1 N–H and O–H groups in total. The maximum Gasteiger partial charge on any atom is 0.148 e. The van der Waals surface area contributed by atoms with E-state index in [1.165, 1.54) is 37.8 Å². The lowest BCUT2D eigenvalue weighted by Gasteiger charge is -2.15. The van der Waals surface area contributed by atoms with Crippen molar-refractivity contribution < 1.29 is 4.68 Å². The second-order valence-corrected chi connectivity index (χ2v) is 3.02. The van der Waals surface area contributed by atoms with E-state index in [4.69, 9.17) is 5.84 Å². The molecule has 0 aliphatic carbocycles. The summed E-state index contributed by atoms with van der Waals surface area (Å²) in [5.74, 6) is 7.54. The maximum atomic E-state index is 7.54. The Morgan fingerprint density at radius 3 is 2.89 bits per heavy atom. The van der Waals surface area contributed by atoms with Crippen molar-refractivity contribution >= 4 is 5.71 Å². The Bertz CT molecular complexity index is 160. The summed E-state index contributed by atoms with van der Waals surface area (Å²) in [7, 11) is 0. The normalized spacial score (nSPS) is 33.6. The highest BCUT2D eigenvalue weighted by molar-refractivity contribution is 5.81. The van der Waals surface area contributed by atoms with E-state index in [1.807, 2.05) is 0 Å². The molecule has 2 nitrogen and oxygen atoms in total. The number of nitrogens with zero attached hydrogens (tertiary/aromatic N) is 1. The van der Waals surface area contributed by atoms with Gasteiger partial charge in [0.1, 0.15) is 11.8 Å². The van der Waals surface area contributed by atoms with Gasteiger partial charge in [0.2, 0.25) is 0 Å². The topological polar surface area (TPSA) is 26.8 Å². The van der Waals surface area contributed by atoms with Gasteiger partial charge in [0.25, 0.3) is 0 Å². The van der Waals surface area contributed by atoms with Crippen molar-refractivity contribution in [1.82, 2.24) is 0 Å². The number of fused-ring (bicyclic) bond motifs is 1. The monoisotopic (exact) mass is 124 g/mol. The molecule has 2 bridgehead atoms. The first-order chi connectivity index (χ1) is 4.38. The quantitative estimate of drug-likeness (QED) is 0.440. The predicted octanol–water partition coefficient (Wildman–Crippen LogP) is 1.75. The van der Waals surface area contributed by atoms with E-state index >= 15 is 0 Å². The largest absolute Gasteiger partial charge is 0.454 e. The maximum absolute atomic E-state index is 7.54. The van der Waals surface area contributed by atoms with Crippen molar-refractivity contribution in [2.75, 3.05) is 0 Å². The molecule has 0 spiro atoms. The van der Waals surface area contributed by atoms with Crippen LogP contribution in [0.15, 0.2) is 0 Å². The standard InChI is InChI=1S/C7H12N2/c8-9-6-2-1-3-7(9)5-4-6/h6,8H,1-5H2. The van der Waals surface area contributed by atoms with Gasteiger partial charge in [-0.15, -0.1) is 0 Å². The van der Waals surface area contributed by atoms with E-state index in [0.29, 0.717) is 6.04 Å². The lowest BCUT2D eigenvalue weighted by Crippen LogP contribution is -2.21. The molecule has 9 heavy (non-hydrogen) atoms. The molecule has 1 unspecified atom stereocenters. The zero-order chi connectivity index (χ0) is 6.27. The van der Waals surface area contributed by atoms with Crippen molar-refractivity contribution in [2.45, 2.75) is 38.1 Å². The molecule has 0 radical (unpaired) electrons. The van der Waals surface area contributed by atoms with E-state index in [9.17, 15) is 0 Å². The smallest absolute Gasteiger partial charge is 0.148 e. The minimum Gasteiger partial charge on any atom is -0.454 e. The summed E-state index contributed by atoms with van der Waals surface area (Å²) in [5, 5.41) is 0. The lowest BCUT2D eigenvalue weighted by atomic mass is 10.1. The molecule has 2 heteroatoms. The van der Waals surface area contributed by atoms with Crippen LogP contribution in [0.3, 0.4) is 0 Å². The van der Waals surface area contributed by atoms with Gasteiger partial charge in [-0.3, -0.25) is 4.68 Å². The van der Waals surface area contributed by atoms with Crippen molar-refractivity contribution in [1.29, 1.82) is 0 Å².